The fourth-order valence-corrected chi connectivity index (χ4v) is 3.04. The van der Waals surface area contributed by atoms with Gasteiger partial charge in [0.2, 0.25) is 5.91 Å². The molecule has 0 aliphatic carbocycles. The molecule has 1 aromatic carbocycles. The summed E-state index contributed by atoms with van der Waals surface area (Å²) in [6, 6.07) is 6.56. The summed E-state index contributed by atoms with van der Waals surface area (Å²) in [4.78, 5) is 29.7. The van der Waals surface area contributed by atoms with Crippen LogP contribution >= 0.6 is 0 Å². The Balaban J connectivity index is 2.15. The van der Waals surface area contributed by atoms with Crippen LogP contribution in [0.15, 0.2) is 24.3 Å². The maximum atomic E-state index is 13.3. The molecule has 1 aromatic rings. The summed E-state index contributed by atoms with van der Waals surface area (Å²) in [5.41, 5.74) is 0.0693. The number of benzene rings is 1. The number of alkyl carbamates (subject to hydrolysis) is 1. The number of nitrogens with zero attached hydrogens (tertiary/aromatic N) is 2. The Bertz CT molecular complexity index is 691. The van der Waals surface area contributed by atoms with Crippen LogP contribution in [-0.4, -0.2) is 67.2 Å². The maximum Gasteiger partial charge on any atom is 0.408 e. The van der Waals surface area contributed by atoms with E-state index in [0.29, 0.717) is 31.2 Å². The van der Waals surface area contributed by atoms with Crippen LogP contribution in [0.1, 0.15) is 52.6 Å². The first-order chi connectivity index (χ1) is 14.1. The lowest BCUT2D eigenvalue weighted by molar-refractivity contribution is -0.135. The fourth-order valence-electron chi connectivity index (χ4n) is 3.04. The van der Waals surface area contributed by atoms with Gasteiger partial charge in [0.05, 0.1) is 6.61 Å². The molecule has 7 nitrogen and oxygen atoms in total. The van der Waals surface area contributed by atoms with Crippen molar-refractivity contribution in [2.24, 2.45) is 5.92 Å². The number of amides is 2. The first-order valence-corrected chi connectivity index (χ1v) is 10.8. The molecule has 168 valence electrons. The number of likely N-dealkylation sites (N-methyl/N-ethyl adjacent to an activating group) is 1. The van der Waals surface area contributed by atoms with Gasteiger partial charge in [0.1, 0.15) is 17.4 Å². The Morgan fingerprint density at radius 3 is 2.23 bits per heavy atom. The highest BCUT2D eigenvalue weighted by molar-refractivity contribution is 5.87. The molecule has 0 spiro atoms. The third-order valence-corrected chi connectivity index (χ3v) is 5.17. The number of piperazine rings is 1. The molecule has 7 heteroatoms. The van der Waals surface area contributed by atoms with Crippen molar-refractivity contribution in [3.05, 3.63) is 29.8 Å². The second kappa shape index (κ2) is 10.7. The summed E-state index contributed by atoms with van der Waals surface area (Å²) in [5.74, 6) is 1.11. The van der Waals surface area contributed by atoms with Crippen molar-refractivity contribution in [3.63, 3.8) is 0 Å². The molecule has 1 aliphatic heterocycles. The second-order valence-electron chi connectivity index (χ2n) is 9.10. The Hall–Kier alpha value is -2.28. The number of carbonyl (C=O) groups is 2. The smallest absolute Gasteiger partial charge is 0.408 e. The van der Waals surface area contributed by atoms with Gasteiger partial charge in [0.25, 0.3) is 0 Å². The quantitative estimate of drug-likeness (QED) is 0.733. The number of ether oxygens (including phenoxy) is 2. The van der Waals surface area contributed by atoms with Gasteiger partial charge in [-0.1, -0.05) is 32.4 Å². The Kier molecular flexibility index (Phi) is 8.53. The predicted molar refractivity (Wildman–Crippen MR) is 118 cm³/mol. The average Bonchev–Trinajstić information content (AvgIpc) is 2.69. The largest absolute Gasteiger partial charge is 0.493 e. The maximum absolute atomic E-state index is 13.3. The van der Waals surface area contributed by atoms with Gasteiger partial charge in [-0.2, -0.15) is 0 Å². The van der Waals surface area contributed by atoms with Crippen LogP contribution in [0.4, 0.5) is 4.79 Å². The van der Waals surface area contributed by atoms with E-state index in [9.17, 15) is 9.59 Å². The number of rotatable bonds is 7. The lowest BCUT2D eigenvalue weighted by atomic mass is 10.0. The molecule has 0 aromatic heterocycles. The van der Waals surface area contributed by atoms with Gasteiger partial charge >= 0.3 is 6.09 Å². The molecule has 0 radical (unpaired) electrons. The molecule has 0 saturated carbocycles. The monoisotopic (exact) mass is 419 g/mol. The van der Waals surface area contributed by atoms with Crippen LogP contribution < -0.4 is 10.1 Å². The van der Waals surface area contributed by atoms with Crippen LogP contribution in [0.3, 0.4) is 0 Å². The van der Waals surface area contributed by atoms with Crippen LogP contribution in [0.2, 0.25) is 0 Å². The Labute approximate surface area is 180 Å². The first kappa shape index (κ1) is 24.0. The molecule has 1 heterocycles. The number of hydrogen-bond donors (Lipinski definition) is 1. The first-order valence-electron chi connectivity index (χ1n) is 10.8. The average molecular weight is 420 g/mol. The minimum atomic E-state index is -0.799. The summed E-state index contributed by atoms with van der Waals surface area (Å²) in [6.45, 7) is 13.2. The summed E-state index contributed by atoms with van der Waals surface area (Å²) < 4.78 is 11.2. The van der Waals surface area contributed by atoms with E-state index in [2.05, 4.69) is 24.1 Å². The van der Waals surface area contributed by atoms with Gasteiger partial charge in [0.15, 0.2) is 0 Å². The molecule has 1 N–H and O–H groups in total. The van der Waals surface area contributed by atoms with Crippen molar-refractivity contribution in [3.8, 4) is 5.75 Å². The van der Waals surface area contributed by atoms with E-state index in [1.165, 1.54) is 0 Å². The highest BCUT2D eigenvalue weighted by Gasteiger charge is 2.30. The van der Waals surface area contributed by atoms with E-state index in [0.717, 1.165) is 25.3 Å². The summed E-state index contributed by atoms with van der Waals surface area (Å²) in [7, 11) is 2.04. The molecule has 1 fully saturated rings. The zero-order chi connectivity index (χ0) is 22.3. The summed E-state index contributed by atoms with van der Waals surface area (Å²) in [5, 5.41) is 2.77. The molecule has 0 bridgehead atoms. The zero-order valence-corrected chi connectivity index (χ0v) is 19.2. The zero-order valence-electron chi connectivity index (χ0n) is 19.2. The van der Waals surface area contributed by atoms with Crippen molar-refractivity contribution < 1.29 is 19.1 Å². The highest BCUT2D eigenvalue weighted by atomic mass is 16.6. The van der Waals surface area contributed by atoms with Crippen LogP contribution in [0, 0.1) is 5.92 Å². The third-order valence-electron chi connectivity index (χ3n) is 5.17. The SMILES string of the molecule is CCC(C)COc1ccc([C@@H](NC(=O)OC(C)(C)C)C(=O)N2CCN(C)CC2)cc1. The van der Waals surface area contributed by atoms with Gasteiger partial charge in [-0.25, -0.2) is 4.79 Å². The Morgan fingerprint density at radius 1 is 1.10 bits per heavy atom. The second-order valence-corrected chi connectivity index (χ2v) is 9.10. The van der Waals surface area contributed by atoms with Crippen LogP contribution in [0.5, 0.6) is 5.75 Å². The standard InChI is InChI=1S/C23H37N3O4/c1-7-17(2)16-29-19-10-8-18(9-11-19)20(24-22(28)30-23(3,4)5)21(27)26-14-12-25(6)13-15-26/h8-11,17,20H,7,12-16H2,1-6H3,(H,24,28)/t17?,20-/m1/s1. The number of nitrogens with one attached hydrogen (secondary N) is 1. The fraction of sp³-hybridized carbons (Fsp3) is 0.652. The molecule has 30 heavy (non-hydrogen) atoms. The van der Waals surface area contributed by atoms with Crippen molar-refractivity contribution in [2.75, 3.05) is 39.8 Å². The lowest BCUT2D eigenvalue weighted by Crippen LogP contribution is -2.51. The van der Waals surface area contributed by atoms with E-state index in [4.69, 9.17) is 9.47 Å². The van der Waals surface area contributed by atoms with Gasteiger partial charge in [0, 0.05) is 26.2 Å². The van der Waals surface area contributed by atoms with Gasteiger partial charge in [-0.3, -0.25) is 4.79 Å². The lowest BCUT2D eigenvalue weighted by Gasteiger charge is -2.35. The molecular weight excluding hydrogens is 382 g/mol. The molecule has 1 unspecified atom stereocenters. The van der Waals surface area contributed by atoms with E-state index in [1.54, 1.807) is 25.7 Å². The summed E-state index contributed by atoms with van der Waals surface area (Å²) >= 11 is 0. The van der Waals surface area contributed by atoms with Crippen molar-refractivity contribution in [1.82, 2.24) is 15.1 Å². The molecule has 1 aliphatic rings. The molecule has 2 amide bonds. The van der Waals surface area contributed by atoms with Gasteiger partial charge < -0.3 is 24.6 Å². The van der Waals surface area contributed by atoms with Crippen molar-refractivity contribution in [2.45, 2.75) is 52.7 Å². The number of hydrogen-bond acceptors (Lipinski definition) is 5. The topological polar surface area (TPSA) is 71.1 Å². The van der Waals surface area contributed by atoms with Gasteiger partial charge in [-0.15, -0.1) is 0 Å². The number of carbonyl (C=O) groups excluding carboxylic acids is 2. The van der Waals surface area contributed by atoms with Crippen molar-refractivity contribution in [1.29, 1.82) is 0 Å². The van der Waals surface area contributed by atoms with Crippen molar-refractivity contribution >= 4 is 12.0 Å². The third kappa shape index (κ3) is 7.52. The molecule has 2 atom stereocenters. The van der Waals surface area contributed by atoms with Crippen LogP contribution in [-0.2, 0) is 9.53 Å². The molecular formula is C23H37N3O4. The van der Waals surface area contributed by atoms with Crippen LogP contribution in [0.25, 0.3) is 0 Å². The molecule has 1 saturated heterocycles. The minimum Gasteiger partial charge on any atom is -0.493 e. The highest BCUT2D eigenvalue weighted by Crippen LogP contribution is 2.22. The van der Waals surface area contributed by atoms with E-state index >= 15 is 0 Å². The molecule has 2 rings (SSSR count). The van der Waals surface area contributed by atoms with E-state index in [-0.39, 0.29) is 5.91 Å². The summed E-state index contributed by atoms with van der Waals surface area (Å²) in [6.07, 6.45) is 0.450. The van der Waals surface area contributed by atoms with Gasteiger partial charge in [-0.05, 0) is 51.4 Å². The van der Waals surface area contributed by atoms with E-state index in [1.807, 2.05) is 31.3 Å². The van der Waals surface area contributed by atoms with E-state index < -0.39 is 17.7 Å². The normalized spacial score (nSPS) is 17.2. The Morgan fingerprint density at radius 2 is 1.70 bits per heavy atom. The predicted octanol–water partition coefficient (Wildman–Crippen LogP) is 3.45. The minimum absolute atomic E-state index is 0.123.